The quantitative estimate of drug-likeness (QED) is 0.221. The van der Waals surface area contributed by atoms with Crippen molar-refractivity contribution in [1.29, 1.82) is 0 Å². The molecule has 1 unspecified atom stereocenters. The Bertz CT molecular complexity index is 1460. The molecule has 38 heavy (non-hydrogen) atoms. The number of hydrogen-bond acceptors (Lipinski definition) is 6. The monoisotopic (exact) mass is 575 g/mol. The summed E-state index contributed by atoms with van der Waals surface area (Å²) in [6.07, 6.45) is 3.52. The molecule has 4 aromatic rings. The van der Waals surface area contributed by atoms with E-state index >= 15 is 0 Å². The number of nitrogens with one attached hydrogen (secondary N) is 2. The molecular formula is C26H35Cl2N7O2Si. The van der Waals surface area contributed by atoms with Gasteiger partial charge in [-0.2, -0.15) is 5.10 Å². The van der Waals surface area contributed by atoms with Crippen LogP contribution in [0.1, 0.15) is 17.3 Å². The number of benzene rings is 1. The molecule has 0 bridgehead atoms. The number of ether oxygens (including phenoxy) is 1. The number of aromatic nitrogens is 5. The summed E-state index contributed by atoms with van der Waals surface area (Å²) in [5.74, 6) is 0.268. The van der Waals surface area contributed by atoms with Gasteiger partial charge in [0.2, 0.25) is 0 Å². The van der Waals surface area contributed by atoms with Gasteiger partial charge in [0, 0.05) is 63.4 Å². The number of carbonyl (C=O) groups is 1. The first-order valence-corrected chi connectivity index (χ1v) is 16.8. The summed E-state index contributed by atoms with van der Waals surface area (Å²) >= 11 is 6.21. The normalized spacial score (nSPS) is 14.9. The molecule has 0 aliphatic carbocycles. The zero-order chi connectivity index (χ0) is 26.3. The number of hydrogen-bond donors (Lipinski definition) is 2. The highest BCUT2D eigenvalue weighted by Crippen LogP contribution is 2.30. The van der Waals surface area contributed by atoms with Crippen LogP contribution >= 0.6 is 24.0 Å². The highest BCUT2D eigenvalue weighted by molar-refractivity contribution is 6.76. The molecule has 0 spiro atoms. The Balaban J connectivity index is 0.00000336. The highest BCUT2D eigenvalue weighted by atomic mass is 35.5. The maximum Gasteiger partial charge on any atom is 0.255 e. The molecule has 1 aromatic carbocycles. The van der Waals surface area contributed by atoms with Gasteiger partial charge in [0.25, 0.3) is 5.91 Å². The van der Waals surface area contributed by atoms with Crippen LogP contribution < -0.4 is 10.6 Å². The van der Waals surface area contributed by atoms with E-state index in [0.717, 1.165) is 30.0 Å². The van der Waals surface area contributed by atoms with E-state index < -0.39 is 8.07 Å². The second-order valence-corrected chi connectivity index (χ2v) is 17.2. The third-order valence-electron chi connectivity index (χ3n) is 6.97. The molecule has 9 nitrogen and oxygen atoms in total. The van der Waals surface area contributed by atoms with Crippen molar-refractivity contribution in [3.63, 3.8) is 0 Å². The van der Waals surface area contributed by atoms with Crippen LogP contribution in [-0.2, 0) is 18.5 Å². The Kier molecular flexibility index (Phi) is 8.48. The van der Waals surface area contributed by atoms with E-state index in [1.54, 1.807) is 17.1 Å². The fourth-order valence-corrected chi connectivity index (χ4v) is 5.38. The van der Waals surface area contributed by atoms with Gasteiger partial charge >= 0.3 is 0 Å². The van der Waals surface area contributed by atoms with Crippen LogP contribution in [0, 0.1) is 5.92 Å². The molecule has 1 saturated heterocycles. The van der Waals surface area contributed by atoms with Gasteiger partial charge in [-0.25, -0.2) is 9.97 Å². The van der Waals surface area contributed by atoms with E-state index in [4.69, 9.17) is 26.3 Å². The first kappa shape index (κ1) is 28.5. The molecule has 1 aliphatic heterocycles. The highest BCUT2D eigenvalue weighted by Gasteiger charge is 2.27. The van der Waals surface area contributed by atoms with Crippen LogP contribution in [-0.4, -0.2) is 64.0 Å². The van der Waals surface area contributed by atoms with Gasteiger partial charge in [-0.1, -0.05) is 31.2 Å². The van der Waals surface area contributed by atoms with Crippen LogP contribution in [0.25, 0.3) is 33.5 Å². The summed E-state index contributed by atoms with van der Waals surface area (Å²) in [5, 5.41) is 12.7. The predicted octanol–water partition coefficient (Wildman–Crippen LogP) is 4.71. The molecule has 1 amide bonds. The van der Waals surface area contributed by atoms with Crippen molar-refractivity contribution in [2.24, 2.45) is 13.0 Å². The number of aryl methyl sites for hydroxylation is 1. The summed E-state index contributed by atoms with van der Waals surface area (Å²) in [4.78, 5) is 23.0. The van der Waals surface area contributed by atoms with Gasteiger partial charge < -0.3 is 19.9 Å². The zero-order valence-corrected chi connectivity index (χ0v) is 25.0. The Morgan fingerprint density at radius 1 is 1.32 bits per heavy atom. The minimum Gasteiger partial charge on any atom is -0.361 e. The number of amides is 1. The molecule has 204 valence electrons. The molecule has 2 N–H and O–H groups in total. The molecule has 1 fully saturated rings. The lowest BCUT2D eigenvalue weighted by Crippen LogP contribution is -2.53. The summed E-state index contributed by atoms with van der Waals surface area (Å²) in [5.41, 5.74) is 3.84. The lowest BCUT2D eigenvalue weighted by molar-refractivity contribution is 0.0885. The molecule has 0 saturated carbocycles. The summed E-state index contributed by atoms with van der Waals surface area (Å²) in [7, 11) is 0.666. The molecule has 0 radical (unpaired) electrons. The molecule has 12 heteroatoms. The molecule has 1 aliphatic rings. The van der Waals surface area contributed by atoms with Crippen molar-refractivity contribution in [1.82, 2.24) is 34.9 Å². The lowest BCUT2D eigenvalue weighted by Gasteiger charge is -2.32. The van der Waals surface area contributed by atoms with E-state index in [-0.39, 0.29) is 24.4 Å². The SMILES string of the molecule is CC(NC(=O)c1cn(COCC[Si](C)(C)C)c2ncc(-c3nn(C)c4cc(Cl)ccc34)nc12)C1CNC1.Cl. The van der Waals surface area contributed by atoms with E-state index in [2.05, 4.69) is 35.4 Å². The number of carbonyl (C=O) groups excluding carboxylic acids is 1. The Morgan fingerprint density at radius 2 is 2.08 bits per heavy atom. The van der Waals surface area contributed by atoms with Crippen molar-refractivity contribution in [2.45, 2.75) is 45.4 Å². The Hall–Kier alpha value is -2.50. The van der Waals surface area contributed by atoms with E-state index in [1.165, 1.54) is 0 Å². The van der Waals surface area contributed by atoms with Crippen molar-refractivity contribution < 1.29 is 9.53 Å². The minimum atomic E-state index is -1.21. The van der Waals surface area contributed by atoms with Gasteiger partial charge in [0.15, 0.2) is 5.65 Å². The first-order chi connectivity index (χ1) is 17.6. The Morgan fingerprint density at radius 3 is 2.76 bits per heavy atom. The number of rotatable bonds is 9. The summed E-state index contributed by atoms with van der Waals surface area (Å²) in [6, 6.07) is 6.78. The average Bonchev–Trinajstić information content (AvgIpc) is 3.32. The number of fused-ring (bicyclic) bond motifs is 2. The van der Waals surface area contributed by atoms with Crippen LogP contribution in [0.2, 0.25) is 30.7 Å². The fourth-order valence-electron chi connectivity index (χ4n) is 4.46. The van der Waals surface area contributed by atoms with E-state index in [1.807, 2.05) is 36.7 Å². The summed E-state index contributed by atoms with van der Waals surface area (Å²) in [6.45, 7) is 11.8. The standard InChI is InChI=1S/C26H34ClN7O2Si.ClH/c1-16(17-11-28-12-17)30-26(35)20-14-34(15-36-8-9-37(3,4)5)25-24(20)31-21(13-29-25)23-19-7-6-18(27)10-22(19)33(2)32-23;/h6-7,10,13-14,16-17,28H,8-9,11-12,15H2,1-5H3,(H,30,35);1H. The second kappa shape index (κ2) is 11.3. The van der Waals surface area contributed by atoms with Crippen LogP contribution in [0.4, 0.5) is 0 Å². The number of halogens is 2. The third kappa shape index (κ3) is 5.89. The second-order valence-electron chi connectivity index (χ2n) is 11.1. The zero-order valence-electron chi connectivity index (χ0n) is 22.4. The maximum atomic E-state index is 13.4. The van der Waals surface area contributed by atoms with Crippen molar-refractivity contribution in [2.75, 3.05) is 19.7 Å². The molecular weight excluding hydrogens is 541 g/mol. The third-order valence-corrected chi connectivity index (χ3v) is 8.91. The van der Waals surface area contributed by atoms with Gasteiger partial charge in [-0.05, 0) is 31.2 Å². The topological polar surface area (TPSA) is 98.9 Å². The number of nitrogens with zero attached hydrogens (tertiary/aromatic N) is 5. The van der Waals surface area contributed by atoms with Crippen LogP contribution in [0.15, 0.2) is 30.6 Å². The first-order valence-electron chi connectivity index (χ1n) is 12.7. The van der Waals surface area contributed by atoms with E-state index in [9.17, 15) is 4.79 Å². The molecule has 4 heterocycles. The Labute approximate surface area is 234 Å². The van der Waals surface area contributed by atoms with Crippen molar-refractivity contribution in [3.8, 4) is 11.4 Å². The van der Waals surface area contributed by atoms with Crippen LogP contribution in [0.5, 0.6) is 0 Å². The fraction of sp³-hybridized carbons (Fsp3) is 0.462. The maximum absolute atomic E-state index is 13.4. The predicted molar refractivity (Wildman–Crippen MR) is 157 cm³/mol. The smallest absolute Gasteiger partial charge is 0.255 e. The minimum absolute atomic E-state index is 0. The molecule has 3 aromatic heterocycles. The lowest BCUT2D eigenvalue weighted by atomic mass is 9.95. The van der Waals surface area contributed by atoms with Crippen molar-refractivity contribution >= 4 is 60.1 Å². The van der Waals surface area contributed by atoms with Crippen LogP contribution in [0.3, 0.4) is 0 Å². The van der Waals surface area contributed by atoms with Gasteiger partial charge in [0.1, 0.15) is 23.6 Å². The molecule has 1 atom stereocenters. The summed E-state index contributed by atoms with van der Waals surface area (Å²) < 4.78 is 9.64. The average molecular weight is 577 g/mol. The van der Waals surface area contributed by atoms with Gasteiger partial charge in [-0.3, -0.25) is 9.48 Å². The van der Waals surface area contributed by atoms with Gasteiger partial charge in [0.05, 0.1) is 17.3 Å². The molecule has 5 rings (SSSR count). The van der Waals surface area contributed by atoms with Crippen molar-refractivity contribution in [3.05, 3.63) is 41.2 Å². The van der Waals surface area contributed by atoms with Gasteiger partial charge in [-0.15, -0.1) is 12.4 Å². The largest absolute Gasteiger partial charge is 0.361 e. The van der Waals surface area contributed by atoms with E-state index in [0.29, 0.717) is 52.4 Å².